The second kappa shape index (κ2) is 6.88. The van der Waals surface area contributed by atoms with Crippen molar-refractivity contribution in [1.82, 2.24) is 14.7 Å². The van der Waals surface area contributed by atoms with Crippen LogP contribution in [0, 0.1) is 5.82 Å². The summed E-state index contributed by atoms with van der Waals surface area (Å²) in [5, 5.41) is 0. The summed E-state index contributed by atoms with van der Waals surface area (Å²) < 4.78 is 45.4. The Balaban J connectivity index is 2.22. The molecule has 0 amide bonds. The summed E-state index contributed by atoms with van der Waals surface area (Å²) in [6, 6.07) is 4.90. The van der Waals surface area contributed by atoms with Gasteiger partial charge in [0.15, 0.2) is 0 Å². The molecule has 9 heteroatoms. The van der Waals surface area contributed by atoms with Crippen LogP contribution in [0.15, 0.2) is 35.4 Å². The molecule has 1 aromatic carbocycles. The Hall–Kier alpha value is -2.26. The molecule has 1 N–H and O–H groups in total. The van der Waals surface area contributed by atoms with E-state index in [1.165, 1.54) is 19.4 Å². The molecule has 1 aromatic heterocycles. The highest BCUT2D eigenvalue weighted by molar-refractivity contribution is 7.89. The second-order valence-electron chi connectivity index (χ2n) is 4.86. The highest BCUT2D eigenvalue weighted by Gasteiger charge is 2.20. The number of nitrogens with zero attached hydrogens (tertiary/aromatic N) is 3. The fourth-order valence-corrected chi connectivity index (χ4v) is 2.98. The first kappa shape index (κ1) is 17.1. The van der Waals surface area contributed by atoms with Crippen molar-refractivity contribution < 1.29 is 17.5 Å². The molecule has 2 rings (SSSR count). The first-order chi connectivity index (χ1) is 10.8. The molecular weight excluding hydrogens is 323 g/mol. The van der Waals surface area contributed by atoms with E-state index in [-0.39, 0.29) is 17.2 Å². The maximum atomic E-state index is 13.3. The highest BCUT2D eigenvalue weighted by Crippen LogP contribution is 2.24. The number of ether oxygens (including phenoxy) is 1. The lowest BCUT2D eigenvalue weighted by molar-refractivity contribution is 0.400. The highest BCUT2D eigenvalue weighted by atomic mass is 32.2. The Bertz CT molecular complexity index is 796. The number of rotatable bonds is 6. The van der Waals surface area contributed by atoms with Crippen molar-refractivity contribution in [3.63, 3.8) is 0 Å². The number of anilines is 1. The third-order valence-electron chi connectivity index (χ3n) is 2.96. The van der Waals surface area contributed by atoms with Crippen LogP contribution in [0.3, 0.4) is 0 Å². The molecule has 0 atom stereocenters. The fraction of sp³-hybridized carbons (Fsp3) is 0.286. The number of halogens is 1. The molecule has 0 saturated carbocycles. The standard InChI is InChI=1S/C14H17FN4O3S/c1-19(2)14-16-7-6-11(18-14)9-17-23(20,21)13-8-10(15)4-5-12(13)22-3/h4-8,17H,9H2,1-3H3. The molecule has 0 fully saturated rings. The van der Waals surface area contributed by atoms with Crippen LogP contribution in [-0.4, -0.2) is 39.6 Å². The first-order valence-corrected chi connectivity index (χ1v) is 8.14. The maximum Gasteiger partial charge on any atom is 0.244 e. The Labute approximate surface area is 134 Å². The number of sulfonamides is 1. The van der Waals surface area contributed by atoms with Crippen molar-refractivity contribution in [2.75, 3.05) is 26.1 Å². The van der Waals surface area contributed by atoms with Crippen LogP contribution >= 0.6 is 0 Å². The Morgan fingerprint density at radius 1 is 1.30 bits per heavy atom. The number of methoxy groups -OCH3 is 1. The summed E-state index contributed by atoms with van der Waals surface area (Å²) in [6.07, 6.45) is 1.54. The van der Waals surface area contributed by atoms with Gasteiger partial charge in [0.05, 0.1) is 19.3 Å². The van der Waals surface area contributed by atoms with Gasteiger partial charge in [-0.25, -0.2) is 27.5 Å². The Kier molecular flexibility index (Phi) is 5.12. The van der Waals surface area contributed by atoms with Crippen molar-refractivity contribution in [1.29, 1.82) is 0 Å². The van der Waals surface area contributed by atoms with Crippen LogP contribution in [-0.2, 0) is 16.6 Å². The van der Waals surface area contributed by atoms with Gasteiger partial charge in [-0.3, -0.25) is 0 Å². The maximum absolute atomic E-state index is 13.3. The van der Waals surface area contributed by atoms with Gasteiger partial charge in [0, 0.05) is 20.3 Å². The monoisotopic (exact) mass is 340 g/mol. The lowest BCUT2D eigenvalue weighted by atomic mass is 10.3. The van der Waals surface area contributed by atoms with Crippen molar-refractivity contribution in [2.45, 2.75) is 11.4 Å². The molecule has 23 heavy (non-hydrogen) atoms. The molecule has 0 bridgehead atoms. The molecule has 0 radical (unpaired) electrons. The van der Waals surface area contributed by atoms with Crippen LogP contribution in [0.1, 0.15) is 5.69 Å². The lowest BCUT2D eigenvalue weighted by Gasteiger charge is -2.12. The van der Waals surface area contributed by atoms with Gasteiger partial charge in [-0.05, 0) is 24.3 Å². The first-order valence-electron chi connectivity index (χ1n) is 6.66. The van der Waals surface area contributed by atoms with Gasteiger partial charge in [-0.2, -0.15) is 0 Å². The van der Waals surface area contributed by atoms with Crippen molar-refractivity contribution in [3.8, 4) is 5.75 Å². The van der Waals surface area contributed by atoms with Crippen molar-refractivity contribution >= 4 is 16.0 Å². The van der Waals surface area contributed by atoms with E-state index in [4.69, 9.17) is 4.74 Å². The second-order valence-corrected chi connectivity index (χ2v) is 6.60. The zero-order chi connectivity index (χ0) is 17.0. The van der Waals surface area contributed by atoms with Gasteiger partial charge in [0.1, 0.15) is 16.5 Å². The SMILES string of the molecule is COc1ccc(F)cc1S(=O)(=O)NCc1ccnc(N(C)C)n1. The van der Waals surface area contributed by atoms with E-state index in [1.807, 2.05) is 0 Å². The molecule has 0 aliphatic carbocycles. The Morgan fingerprint density at radius 2 is 2.04 bits per heavy atom. The number of hydrogen-bond donors (Lipinski definition) is 1. The van der Waals surface area contributed by atoms with Crippen LogP contribution in [0.5, 0.6) is 5.75 Å². The van der Waals surface area contributed by atoms with Gasteiger partial charge in [-0.1, -0.05) is 0 Å². The molecule has 124 valence electrons. The van der Waals surface area contributed by atoms with E-state index in [0.717, 1.165) is 12.1 Å². The van der Waals surface area contributed by atoms with Gasteiger partial charge >= 0.3 is 0 Å². The zero-order valence-corrected chi connectivity index (χ0v) is 13.8. The molecule has 0 aliphatic heterocycles. The van der Waals surface area contributed by atoms with Gasteiger partial charge in [0.2, 0.25) is 16.0 Å². The smallest absolute Gasteiger partial charge is 0.244 e. The minimum Gasteiger partial charge on any atom is -0.495 e. The average Bonchev–Trinajstić information content (AvgIpc) is 2.53. The quantitative estimate of drug-likeness (QED) is 0.850. The summed E-state index contributed by atoms with van der Waals surface area (Å²) in [5.41, 5.74) is 0.489. The van der Waals surface area contributed by atoms with Gasteiger partial charge in [0.25, 0.3) is 0 Å². The molecule has 0 unspecified atom stereocenters. The van der Waals surface area contributed by atoms with Crippen LogP contribution in [0.25, 0.3) is 0 Å². The lowest BCUT2D eigenvalue weighted by Crippen LogP contribution is -2.25. The number of nitrogens with one attached hydrogen (secondary N) is 1. The molecule has 0 spiro atoms. The summed E-state index contributed by atoms with van der Waals surface area (Å²) in [5.74, 6) is -0.135. The van der Waals surface area contributed by atoms with E-state index in [2.05, 4.69) is 14.7 Å². The minimum atomic E-state index is -3.95. The van der Waals surface area contributed by atoms with Gasteiger partial charge < -0.3 is 9.64 Å². The average molecular weight is 340 g/mol. The number of hydrogen-bond acceptors (Lipinski definition) is 6. The predicted molar refractivity (Wildman–Crippen MR) is 83.3 cm³/mol. The fourth-order valence-electron chi connectivity index (χ4n) is 1.81. The molecular formula is C14H17FN4O3S. The zero-order valence-electron chi connectivity index (χ0n) is 12.9. The van der Waals surface area contributed by atoms with Crippen LogP contribution in [0.2, 0.25) is 0 Å². The molecule has 0 aliphatic rings. The summed E-state index contributed by atoms with van der Waals surface area (Å²) in [6.45, 7) is -0.0502. The normalized spacial score (nSPS) is 11.3. The van der Waals surface area contributed by atoms with E-state index < -0.39 is 15.8 Å². The van der Waals surface area contributed by atoms with Crippen LogP contribution in [0.4, 0.5) is 10.3 Å². The van der Waals surface area contributed by atoms with Crippen molar-refractivity contribution in [2.24, 2.45) is 0 Å². The molecule has 0 saturated heterocycles. The van der Waals surface area contributed by atoms with E-state index in [1.54, 1.807) is 25.1 Å². The topological polar surface area (TPSA) is 84.4 Å². The van der Waals surface area contributed by atoms with Gasteiger partial charge in [-0.15, -0.1) is 0 Å². The summed E-state index contributed by atoms with van der Waals surface area (Å²) in [4.78, 5) is 9.70. The third-order valence-corrected chi connectivity index (χ3v) is 4.38. The summed E-state index contributed by atoms with van der Waals surface area (Å²) in [7, 11) is 0.931. The summed E-state index contributed by atoms with van der Waals surface area (Å²) >= 11 is 0. The number of aromatic nitrogens is 2. The Morgan fingerprint density at radius 3 is 2.70 bits per heavy atom. The molecule has 2 aromatic rings. The molecule has 1 heterocycles. The predicted octanol–water partition coefficient (Wildman–Crippen LogP) is 1.17. The van der Waals surface area contributed by atoms with E-state index >= 15 is 0 Å². The third kappa shape index (κ3) is 4.14. The van der Waals surface area contributed by atoms with Crippen LogP contribution < -0.4 is 14.4 Å². The number of benzene rings is 1. The largest absolute Gasteiger partial charge is 0.495 e. The molecule has 7 nitrogen and oxygen atoms in total. The van der Waals surface area contributed by atoms with E-state index in [0.29, 0.717) is 11.6 Å². The minimum absolute atomic E-state index is 0.0502. The van der Waals surface area contributed by atoms with Crippen molar-refractivity contribution in [3.05, 3.63) is 42.0 Å². The van der Waals surface area contributed by atoms with E-state index in [9.17, 15) is 12.8 Å².